The highest BCUT2D eigenvalue weighted by atomic mass is 19.1. The second-order valence-electron chi connectivity index (χ2n) is 16.9. The molecule has 2 aliphatic heterocycles. The van der Waals surface area contributed by atoms with Crippen LogP contribution in [0.1, 0.15) is 72.8 Å². The number of nitrogens with zero attached hydrogens (tertiary/aromatic N) is 5. The third kappa shape index (κ3) is 11.3. The molecule has 3 aromatic rings. The molecule has 5 amide bonds. The number of imidazole rings is 1. The van der Waals surface area contributed by atoms with Crippen molar-refractivity contribution in [2.24, 2.45) is 11.3 Å². The summed E-state index contributed by atoms with van der Waals surface area (Å²) in [6.45, 7) is 13.0. The molecule has 1 fully saturated rings. The number of rotatable bonds is 13. The minimum absolute atomic E-state index is 0.0316. The van der Waals surface area contributed by atoms with Crippen molar-refractivity contribution in [2.45, 2.75) is 85.8 Å². The summed E-state index contributed by atoms with van der Waals surface area (Å²) in [4.78, 5) is 86.4. The maximum Gasteiger partial charge on any atom is 0.410 e. The van der Waals surface area contributed by atoms with Crippen molar-refractivity contribution >= 4 is 35.9 Å². The van der Waals surface area contributed by atoms with Gasteiger partial charge in [0.2, 0.25) is 0 Å². The molecule has 2 aromatic carbocycles. The molecule has 4 unspecified atom stereocenters. The highest BCUT2D eigenvalue weighted by molar-refractivity contribution is 6.12. The van der Waals surface area contributed by atoms with Crippen LogP contribution in [0.4, 0.5) is 18.4 Å². The third-order valence-electron chi connectivity index (χ3n) is 9.79. The molecule has 4 atom stereocenters. The number of ether oxygens (including phenoxy) is 3. The normalized spacial score (nSPS) is 17.7. The van der Waals surface area contributed by atoms with Gasteiger partial charge in [-0.3, -0.25) is 24.1 Å². The van der Waals surface area contributed by atoms with Gasteiger partial charge >= 0.3 is 18.2 Å². The predicted molar refractivity (Wildman–Crippen MR) is 214 cm³/mol. The average Bonchev–Trinajstić information content (AvgIpc) is 3.84. The zero-order valence-electron chi connectivity index (χ0n) is 35.1. The van der Waals surface area contributed by atoms with Crippen LogP contribution < -0.4 is 5.32 Å². The topological polar surface area (TPSA) is 170 Å². The minimum Gasteiger partial charge on any atom is -0.453 e. The summed E-state index contributed by atoms with van der Waals surface area (Å²) in [6.07, 6.45) is -0.0601. The third-order valence-corrected chi connectivity index (χ3v) is 9.79. The van der Waals surface area contributed by atoms with Crippen LogP contribution in [0.5, 0.6) is 0 Å². The molecule has 0 bridgehead atoms. The number of amides is 5. The zero-order valence-corrected chi connectivity index (χ0v) is 35.1. The van der Waals surface area contributed by atoms with E-state index < -0.39 is 82.7 Å². The number of carbonyl (C=O) groups is 6. The largest absolute Gasteiger partial charge is 0.453 e. The van der Waals surface area contributed by atoms with E-state index in [0.717, 1.165) is 40.8 Å². The molecule has 0 radical (unpaired) electrons. The van der Waals surface area contributed by atoms with E-state index in [4.69, 9.17) is 19.2 Å². The number of hydrogen-bond donors (Lipinski definition) is 1. The lowest BCUT2D eigenvalue weighted by Gasteiger charge is -2.42. The molecule has 1 N–H and O–H groups in total. The fourth-order valence-electron chi connectivity index (χ4n) is 7.21. The molecular formula is C43H52F2N6O9. The van der Waals surface area contributed by atoms with Gasteiger partial charge in [0.25, 0.3) is 17.7 Å². The number of hydrogen-bond acceptors (Lipinski definition) is 10. The maximum absolute atomic E-state index is 15.3. The number of likely N-dealkylation sites (tertiary alicyclic amines) is 1. The Morgan fingerprint density at radius 2 is 1.63 bits per heavy atom. The number of alkyl carbamates (subject to hydrolysis) is 1. The first kappa shape index (κ1) is 45.0. The van der Waals surface area contributed by atoms with Gasteiger partial charge in [0, 0.05) is 69.5 Å². The molecule has 0 spiro atoms. The van der Waals surface area contributed by atoms with Crippen LogP contribution in [-0.2, 0) is 39.9 Å². The van der Waals surface area contributed by atoms with Gasteiger partial charge < -0.3 is 33.9 Å². The summed E-state index contributed by atoms with van der Waals surface area (Å²) in [7, 11) is 0. The summed E-state index contributed by atoms with van der Waals surface area (Å²) in [5.74, 6) is -4.22. The number of imide groups is 1. The first-order valence-electron chi connectivity index (χ1n) is 19.6. The van der Waals surface area contributed by atoms with Gasteiger partial charge in [0.15, 0.2) is 6.10 Å². The maximum atomic E-state index is 15.3. The Hall–Kier alpha value is -6.13. The Labute approximate surface area is 347 Å². The monoisotopic (exact) mass is 834 g/mol. The molecule has 3 heterocycles. The number of esters is 1. The Bertz CT molecular complexity index is 2110. The minimum atomic E-state index is -1.30. The van der Waals surface area contributed by atoms with Crippen LogP contribution in [-0.4, -0.2) is 111 Å². The van der Waals surface area contributed by atoms with Crippen LogP contribution in [0.25, 0.3) is 11.3 Å². The van der Waals surface area contributed by atoms with E-state index >= 15 is 4.39 Å². The van der Waals surface area contributed by atoms with Gasteiger partial charge in [0.05, 0.1) is 18.3 Å². The molecule has 322 valence electrons. The first-order valence-corrected chi connectivity index (χ1v) is 19.6. The zero-order chi connectivity index (χ0) is 44.1. The van der Waals surface area contributed by atoms with Crippen molar-refractivity contribution in [2.75, 3.05) is 32.7 Å². The highest BCUT2D eigenvalue weighted by Crippen LogP contribution is 2.41. The van der Waals surface area contributed by atoms with Gasteiger partial charge in [0.1, 0.15) is 29.2 Å². The summed E-state index contributed by atoms with van der Waals surface area (Å²) in [5, 5.41) is 2.55. The Morgan fingerprint density at radius 3 is 2.25 bits per heavy atom. The van der Waals surface area contributed by atoms with Crippen LogP contribution in [0, 0.1) is 23.0 Å². The lowest BCUT2D eigenvalue weighted by molar-refractivity contribution is -0.161. The van der Waals surface area contributed by atoms with E-state index in [0.29, 0.717) is 5.82 Å². The van der Waals surface area contributed by atoms with E-state index in [2.05, 4.69) is 5.32 Å². The fourth-order valence-corrected chi connectivity index (χ4v) is 7.21. The smallest absolute Gasteiger partial charge is 0.410 e. The Balaban J connectivity index is 1.56. The SMILES string of the molecule is CC(=O)OC(C)C(=O)N(CC1CN(C(=O)OC(C)(C)C)CC1OC(=O)NCCN1C(=O)C=CC1=O)C(c1nc(-c2cc(F)ccc2F)cn1Cc1ccccc1)C(C)(C)C. The molecule has 5 rings (SSSR count). The molecule has 15 nitrogen and oxygen atoms in total. The van der Waals surface area contributed by atoms with E-state index in [1.54, 1.807) is 31.5 Å². The second kappa shape index (κ2) is 18.4. The lowest BCUT2D eigenvalue weighted by Crippen LogP contribution is -2.50. The van der Waals surface area contributed by atoms with E-state index in [-0.39, 0.29) is 50.5 Å². The van der Waals surface area contributed by atoms with Crippen LogP contribution in [0.2, 0.25) is 0 Å². The van der Waals surface area contributed by atoms with Crippen molar-refractivity contribution < 1.29 is 51.8 Å². The van der Waals surface area contributed by atoms with Crippen molar-refractivity contribution in [3.05, 3.63) is 89.9 Å². The summed E-state index contributed by atoms with van der Waals surface area (Å²) in [6, 6.07) is 11.4. The summed E-state index contributed by atoms with van der Waals surface area (Å²) in [5.41, 5.74) is -0.857. The average molecular weight is 835 g/mol. The van der Waals surface area contributed by atoms with Gasteiger partial charge in [-0.25, -0.2) is 23.4 Å². The molecule has 0 aliphatic carbocycles. The van der Waals surface area contributed by atoms with Gasteiger partial charge in [-0.2, -0.15) is 0 Å². The van der Waals surface area contributed by atoms with Crippen molar-refractivity contribution in [1.29, 1.82) is 0 Å². The molecule has 2 aliphatic rings. The Morgan fingerprint density at radius 1 is 0.967 bits per heavy atom. The molecular weight excluding hydrogens is 783 g/mol. The van der Waals surface area contributed by atoms with Crippen molar-refractivity contribution in [1.82, 2.24) is 29.6 Å². The van der Waals surface area contributed by atoms with Gasteiger partial charge in [-0.05, 0) is 56.9 Å². The lowest BCUT2D eigenvalue weighted by atomic mass is 9.83. The number of halogens is 2. The van der Waals surface area contributed by atoms with E-state index in [1.165, 1.54) is 23.6 Å². The fraction of sp³-hybridized carbons (Fsp3) is 0.465. The Kier molecular flexibility index (Phi) is 13.8. The summed E-state index contributed by atoms with van der Waals surface area (Å²) >= 11 is 0. The van der Waals surface area contributed by atoms with Crippen LogP contribution in [0.15, 0.2) is 66.9 Å². The van der Waals surface area contributed by atoms with E-state index in [9.17, 15) is 33.2 Å². The second-order valence-corrected chi connectivity index (χ2v) is 16.9. The number of carbonyl (C=O) groups excluding carboxylic acids is 6. The standard InChI is InChI=1S/C43H52F2N6O9/c1-26(58-27(2)52)39(55)51(23-29-22-49(41(57)60-43(6,7)8)25-34(29)59-40(56)46-18-19-50-35(53)16-17-36(50)54)37(42(3,4)5)38-47-33(31-20-30(44)14-15-32(31)45)24-48(38)21-28-12-10-9-11-13-28/h9-17,20,24,26,29,34,37H,18-19,21-23,25H2,1-8H3,(H,46,56). The number of aromatic nitrogens is 2. The summed E-state index contributed by atoms with van der Waals surface area (Å²) < 4.78 is 48.6. The quantitative estimate of drug-likeness (QED) is 0.129. The number of benzene rings is 2. The first-order chi connectivity index (χ1) is 28.1. The molecule has 1 aromatic heterocycles. The molecule has 1 saturated heterocycles. The van der Waals surface area contributed by atoms with Crippen LogP contribution >= 0.6 is 0 Å². The molecule has 17 heteroatoms. The van der Waals surface area contributed by atoms with Crippen molar-refractivity contribution in [3.63, 3.8) is 0 Å². The van der Waals surface area contributed by atoms with E-state index in [1.807, 2.05) is 51.1 Å². The molecule has 0 saturated carbocycles. The highest BCUT2D eigenvalue weighted by Gasteiger charge is 2.46. The molecule has 60 heavy (non-hydrogen) atoms. The predicted octanol–water partition coefficient (Wildman–Crippen LogP) is 5.63. The van der Waals surface area contributed by atoms with Crippen LogP contribution in [0.3, 0.4) is 0 Å². The van der Waals surface area contributed by atoms with Gasteiger partial charge in [-0.1, -0.05) is 51.1 Å². The van der Waals surface area contributed by atoms with Crippen molar-refractivity contribution in [3.8, 4) is 11.3 Å². The van der Waals surface area contributed by atoms with Gasteiger partial charge in [-0.15, -0.1) is 0 Å². The number of nitrogens with one attached hydrogen (secondary N) is 1.